The highest BCUT2D eigenvalue weighted by molar-refractivity contribution is 6.30. The fourth-order valence-electron chi connectivity index (χ4n) is 4.47. The molecule has 2 N–H and O–H groups in total. The van der Waals surface area contributed by atoms with Crippen molar-refractivity contribution in [2.75, 3.05) is 26.2 Å². The Labute approximate surface area is 216 Å². The molecule has 3 amide bonds. The van der Waals surface area contributed by atoms with Gasteiger partial charge in [0, 0.05) is 42.8 Å². The molecule has 0 bridgehead atoms. The van der Waals surface area contributed by atoms with Crippen molar-refractivity contribution >= 4 is 35.2 Å². The molecular weight excluding hydrogens is 512 g/mol. The number of alkyl halides is 2. The Morgan fingerprint density at radius 2 is 2.03 bits per heavy atom. The number of nitrogens with two attached hydrogens (primary N) is 1. The van der Waals surface area contributed by atoms with Gasteiger partial charge in [-0.2, -0.15) is 5.10 Å². The van der Waals surface area contributed by atoms with Crippen LogP contribution >= 0.6 is 11.6 Å². The number of aromatic nitrogens is 1. The summed E-state index contributed by atoms with van der Waals surface area (Å²) in [5, 5.41) is 5.35. The van der Waals surface area contributed by atoms with Crippen LogP contribution in [0.25, 0.3) is 0 Å². The molecule has 2 aromatic rings. The van der Waals surface area contributed by atoms with Gasteiger partial charge in [-0.3, -0.25) is 14.6 Å². The Bertz CT molecular complexity index is 1200. The molecule has 2 aliphatic rings. The first-order chi connectivity index (χ1) is 17.7. The van der Waals surface area contributed by atoms with E-state index in [9.17, 15) is 23.2 Å². The summed E-state index contributed by atoms with van der Waals surface area (Å²) in [5.41, 5.74) is 4.73. The molecule has 0 radical (unpaired) electrons. The molecule has 1 fully saturated rings. The first-order valence-corrected chi connectivity index (χ1v) is 11.8. The van der Waals surface area contributed by atoms with Crippen LogP contribution in [0, 0.1) is 5.41 Å². The van der Waals surface area contributed by atoms with Crippen molar-refractivity contribution in [3.63, 3.8) is 0 Å². The molecule has 37 heavy (non-hydrogen) atoms. The van der Waals surface area contributed by atoms with Crippen molar-refractivity contribution in [2.24, 2.45) is 16.3 Å². The van der Waals surface area contributed by atoms with Gasteiger partial charge in [0.05, 0.1) is 5.71 Å². The van der Waals surface area contributed by atoms with E-state index in [2.05, 4.69) is 10.1 Å². The van der Waals surface area contributed by atoms with Gasteiger partial charge < -0.3 is 20.1 Å². The van der Waals surface area contributed by atoms with E-state index in [4.69, 9.17) is 26.8 Å². The smallest absolute Gasteiger partial charge is 0.405 e. The van der Waals surface area contributed by atoms with E-state index in [1.807, 2.05) is 0 Å². The predicted octanol–water partition coefficient (Wildman–Crippen LogP) is 2.50. The summed E-state index contributed by atoms with van der Waals surface area (Å²) >= 11 is 5.96. The zero-order valence-electron chi connectivity index (χ0n) is 19.6. The minimum absolute atomic E-state index is 0.0510. The van der Waals surface area contributed by atoms with E-state index in [0.29, 0.717) is 22.2 Å². The Morgan fingerprint density at radius 1 is 1.22 bits per heavy atom. The minimum Gasteiger partial charge on any atom is -0.489 e. The second kappa shape index (κ2) is 11.1. The average Bonchev–Trinajstić information content (AvgIpc) is 3.11. The van der Waals surface area contributed by atoms with Crippen molar-refractivity contribution < 1.29 is 32.6 Å². The van der Waals surface area contributed by atoms with Crippen LogP contribution in [-0.4, -0.2) is 77.3 Å². The molecule has 4 rings (SSSR count). The first-order valence-electron chi connectivity index (χ1n) is 11.4. The van der Waals surface area contributed by atoms with Crippen molar-refractivity contribution in [3.05, 3.63) is 59.4 Å². The second-order valence-electron chi connectivity index (χ2n) is 8.61. The van der Waals surface area contributed by atoms with Gasteiger partial charge in [0.1, 0.15) is 24.3 Å². The monoisotopic (exact) mass is 535 g/mol. The number of hydrazone groups is 1. The second-order valence-corrected chi connectivity index (χ2v) is 9.05. The van der Waals surface area contributed by atoms with Crippen LogP contribution in [0.4, 0.5) is 13.6 Å². The number of carbonyl (C=O) groups is 3. The molecular formula is C24H24ClF2N5O5. The molecule has 10 nitrogen and oxygen atoms in total. The van der Waals surface area contributed by atoms with Crippen LogP contribution in [0.1, 0.15) is 12.1 Å². The maximum atomic E-state index is 13.5. The van der Waals surface area contributed by atoms with Crippen LogP contribution in [0.5, 0.6) is 5.75 Å². The number of ether oxygens (including phenoxy) is 2. The number of amides is 3. The maximum Gasteiger partial charge on any atom is 0.405 e. The average molecular weight is 536 g/mol. The molecule has 1 saturated heterocycles. The Kier molecular flexibility index (Phi) is 7.86. The highest BCUT2D eigenvalue weighted by Crippen LogP contribution is 2.39. The summed E-state index contributed by atoms with van der Waals surface area (Å²) in [4.78, 5) is 44.0. The number of fused-ring (bicyclic) bond motifs is 1. The topological polar surface area (TPSA) is 127 Å². The van der Waals surface area contributed by atoms with E-state index in [1.165, 1.54) is 11.0 Å². The number of piperidine rings is 1. The van der Waals surface area contributed by atoms with Crippen LogP contribution in [0.2, 0.25) is 5.02 Å². The largest absolute Gasteiger partial charge is 0.489 e. The lowest BCUT2D eigenvalue weighted by molar-refractivity contribution is -0.147. The molecule has 3 heterocycles. The Balaban J connectivity index is 1.58. The Hall–Kier alpha value is -3.80. The summed E-state index contributed by atoms with van der Waals surface area (Å²) in [5.74, 6) is -0.958. The number of halogens is 3. The summed E-state index contributed by atoms with van der Waals surface area (Å²) < 4.78 is 36.9. The molecule has 2 atom stereocenters. The van der Waals surface area contributed by atoms with Crippen molar-refractivity contribution in [2.45, 2.75) is 25.4 Å². The first kappa shape index (κ1) is 26.3. The van der Waals surface area contributed by atoms with E-state index in [-0.39, 0.29) is 32.5 Å². The summed E-state index contributed by atoms with van der Waals surface area (Å²) in [7, 11) is 0. The van der Waals surface area contributed by atoms with Crippen LogP contribution in [0.3, 0.4) is 0 Å². The fourth-order valence-corrected chi connectivity index (χ4v) is 4.65. The molecule has 196 valence electrons. The lowest BCUT2D eigenvalue weighted by Crippen LogP contribution is -2.58. The Morgan fingerprint density at radius 3 is 2.70 bits per heavy atom. The van der Waals surface area contributed by atoms with Crippen LogP contribution < -0.4 is 10.5 Å². The number of primary amides is 1. The quantitative estimate of drug-likeness (QED) is 0.525. The number of likely N-dealkylation sites (tertiary alicyclic amines) is 1. The SMILES string of the molecule is NC(=O)OC(COc1cccc(Cl)c1)C(=O)N1CCC2=NN(CC(F)F)C(=O)[C@]2(Cc2ccccn2)C1. The van der Waals surface area contributed by atoms with E-state index in [1.54, 1.807) is 42.6 Å². The van der Waals surface area contributed by atoms with Gasteiger partial charge in [0.25, 0.3) is 18.2 Å². The molecule has 2 aliphatic heterocycles. The highest BCUT2D eigenvalue weighted by Gasteiger charge is 2.55. The third-order valence-corrected chi connectivity index (χ3v) is 6.32. The predicted molar refractivity (Wildman–Crippen MR) is 128 cm³/mol. The third kappa shape index (κ3) is 5.96. The molecule has 1 aromatic heterocycles. The van der Waals surface area contributed by atoms with E-state index < -0.39 is 42.4 Å². The molecule has 1 aromatic carbocycles. The number of pyridine rings is 1. The van der Waals surface area contributed by atoms with Crippen LogP contribution in [-0.2, 0) is 20.7 Å². The van der Waals surface area contributed by atoms with Gasteiger partial charge in [0.15, 0.2) is 0 Å². The van der Waals surface area contributed by atoms with Gasteiger partial charge in [-0.25, -0.2) is 18.6 Å². The van der Waals surface area contributed by atoms with Gasteiger partial charge in [0.2, 0.25) is 6.10 Å². The molecule has 0 saturated carbocycles. The normalized spacial score (nSPS) is 19.9. The zero-order valence-corrected chi connectivity index (χ0v) is 20.3. The van der Waals surface area contributed by atoms with Gasteiger partial charge >= 0.3 is 6.09 Å². The third-order valence-electron chi connectivity index (χ3n) is 6.08. The minimum atomic E-state index is -2.78. The zero-order chi connectivity index (χ0) is 26.6. The van der Waals surface area contributed by atoms with Crippen molar-refractivity contribution in [1.82, 2.24) is 14.9 Å². The molecule has 1 unspecified atom stereocenters. The summed E-state index contributed by atoms with van der Waals surface area (Å²) in [6.07, 6.45) is -3.63. The number of rotatable bonds is 9. The van der Waals surface area contributed by atoms with E-state index >= 15 is 0 Å². The standard InChI is InChI=1S/C24H24ClF2N5O5/c25-15-4-3-6-17(10-15)36-13-18(37-23(28)35)21(33)31-9-7-19-24(14-31,11-16-5-1-2-8-29-16)22(34)32(30-19)12-20(26)27/h1-6,8,10,18,20H,7,9,11-14H2,(H2,28,35)/t18?,24-/m1/s1. The number of benzene rings is 1. The number of carbonyl (C=O) groups excluding carboxylic acids is 3. The maximum absolute atomic E-state index is 13.5. The number of nitrogens with zero attached hydrogens (tertiary/aromatic N) is 4. The van der Waals surface area contributed by atoms with Crippen molar-refractivity contribution in [1.29, 1.82) is 0 Å². The molecule has 0 spiro atoms. The molecule has 0 aliphatic carbocycles. The summed E-state index contributed by atoms with van der Waals surface area (Å²) in [6.45, 7) is -1.28. The van der Waals surface area contributed by atoms with Gasteiger partial charge in [-0.05, 0) is 30.3 Å². The lowest BCUT2D eigenvalue weighted by Gasteiger charge is -2.40. The van der Waals surface area contributed by atoms with Crippen LogP contribution in [0.15, 0.2) is 53.8 Å². The lowest BCUT2D eigenvalue weighted by atomic mass is 9.74. The number of hydrogen-bond donors (Lipinski definition) is 1. The van der Waals surface area contributed by atoms with Gasteiger partial charge in [-0.1, -0.05) is 23.7 Å². The fraction of sp³-hybridized carbons (Fsp3) is 0.375. The summed E-state index contributed by atoms with van der Waals surface area (Å²) in [6, 6.07) is 11.6. The van der Waals surface area contributed by atoms with Gasteiger partial charge in [-0.15, -0.1) is 0 Å². The molecule has 13 heteroatoms. The highest BCUT2D eigenvalue weighted by atomic mass is 35.5. The van der Waals surface area contributed by atoms with E-state index in [0.717, 1.165) is 5.01 Å². The number of hydrogen-bond acceptors (Lipinski definition) is 7. The van der Waals surface area contributed by atoms with Crippen molar-refractivity contribution in [3.8, 4) is 5.75 Å².